The molecule has 0 aliphatic rings. The van der Waals surface area contributed by atoms with Crippen LogP contribution in [-0.2, 0) is 75.2 Å². The topological polar surface area (TPSA) is 635 Å². The fourth-order valence-corrected chi connectivity index (χ4v) is 11.0. The molecule has 0 aliphatic carbocycles. The number of carbonyl (C=O) groups excluding carboxylic acids is 13. The van der Waals surface area contributed by atoms with Gasteiger partial charge in [0.25, 0.3) is 0 Å². The molecule has 4 rings (SSSR count). The SMILES string of the molecule is C[C@H](NC(=O)CNC(=O)[C@@H](NC(=O)[C@H](Cc1ccccc1)NC(=O)CNC(=O)CNC(=O)[C@@H](N)Cc1ccc(O)cc1)C(c1ccccc1)c1ccccc1)C(=O)N[C@@H](CCCNC(=N)N)C(=O)N[C@@H](CCCCN)C(=O)N[C@@H](CO)C(=O)N[C@@H](C)C(=O)N[C@@H](CCCNC(=N)N)C(=O)N[C@@H](CCCCN)C(N)=O. The van der Waals surface area contributed by atoms with E-state index in [0.29, 0.717) is 48.1 Å². The number of guanidine groups is 2. The number of amides is 13. The van der Waals surface area contributed by atoms with Crippen molar-refractivity contribution in [3.05, 3.63) is 138 Å². The second-order valence-electron chi connectivity index (χ2n) is 25.7. The van der Waals surface area contributed by atoms with Crippen LogP contribution in [-0.4, -0.2) is 212 Å². The molecule has 0 aromatic heterocycles. The summed E-state index contributed by atoms with van der Waals surface area (Å²) in [6.07, 6.45) is 1.74. The van der Waals surface area contributed by atoms with Crippen LogP contribution < -0.4 is 109 Å². The van der Waals surface area contributed by atoms with Gasteiger partial charge < -0.3 is 119 Å². The van der Waals surface area contributed by atoms with E-state index in [4.69, 9.17) is 45.2 Å². The maximum absolute atomic E-state index is 14.8. The Bertz CT molecular complexity index is 3620. The third kappa shape index (κ3) is 33.7. The quantitative estimate of drug-likeness (QED) is 0.0111. The normalized spacial score (nSPS) is 13.6. The summed E-state index contributed by atoms with van der Waals surface area (Å²) in [5.41, 5.74) is 36.2. The summed E-state index contributed by atoms with van der Waals surface area (Å²) in [5, 5.41) is 70.5. The van der Waals surface area contributed by atoms with Crippen molar-refractivity contribution in [2.45, 2.75) is 157 Å². The van der Waals surface area contributed by atoms with Crippen LogP contribution in [0, 0.1) is 10.8 Å². The van der Waals surface area contributed by atoms with Crippen molar-refractivity contribution in [3.8, 4) is 5.75 Å². The first kappa shape index (κ1) is 89.6. The molecule has 0 heterocycles. The number of rotatable bonds is 49. The largest absolute Gasteiger partial charge is 0.508 e. The maximum atomic E-state index is 14.8. The van der Waals surface area contributed by atoms with Crippen molar-refractivity contribution in [1.82, 2.24) is 74.4 Å². The molecule has 10 atom stereocenters. The van der Waals surface area contributed by atoms with Crippen molar-refractivity contribution in [2.75, 3.05) is 52.4 Å². The van der Waals surface area contributed by atoms with Gasteiger partial charge in [0.1, 0.15) is 60.1 Å². The van der Waals surface area contributed by atoms with Crippen LogP contribution in [0.3, 0.4) is 0 Å². The fraction of sp³-hybridized carbons (Fsp3) is 0.458. The maximum Gasteiger partial charge on any atom is 0.245 e. The van der Waals surface area contributed by atoms with Crippen LogP contribution in [0.2, 0.25) is 0 Å². The zero-order valence-corrected chi connectivity index (χ0v) is 61.1. The molecule has 4 aromatic rings. The molecule has 37 heteroatoms. The predicted molar refractivity (Wildman–Crippen MR) is 403 cm³/mol. The number of hydrogen-bond acceptors (Lipinski definition) is 20. The highest BCUT2D eigenvalue weighted by Gasteiger charge is 2.37. The third-order valence-electron chi connectivity index (χ3n) is 16.9. The number of benzene rings is 4. The van der Waals surface area contributed by atoms with Crippen molar-refractivity contribution in [3.63, 3.8) is 0 Å². The zero-order valence-electron chi connectivity index (χ0n) is 61.1. The lowest BCUT2D eigenvalue weighted by molar-refractivity contribution is -0.136. The Morgan fingerprint density at radius 2 is 0.780 bits per heavy atom. The average molecular weight is 1520 g/mol. The highest BCUT2D eigenvalue weighted by Crippen LogP contribution is 2.29. The van der Waals surface area contributed by atoms with Crippen LogP contribution in [0.25, 0.3) is 0 Å². The monoisotopic (exact) mass is 1520 g/mol. The number of aliphatic hydroxyl groups is 1. The van der Waals surface area contributed by atoms with Crippen molar-refractivity contribution >= 4 is 88.7 Å². The Labute approximate surface area is 631 Å². The Morgan fingerprint density at radius 3 is 1.27 bits per heavy atom. The van der Waals surface area contributed by atoms with E-state index in [2.05, 4.69) is 74.4 Å². The molecule has 594 valence electrons. The summed E-state index contributed by atoms with van der Waals surface area (Å²) < 4.78 is 0. The minimum atomic E-state index is -1.74. The number of primary amides is 1. The first-order valence-electron chi connectivity index (χ1n) is 35.7. The standard InChI is InChI=1S/C72H106N22O15/c1-42(62(101)90-53(27-17-35-82-72(79)80)66(105)92-51(25-13-15-33-74)67(106)93-55(41-95)69(108)87-43(2)63(102)91-52(26-16-34-81-71(77)78)65(104)89-50(61(76)100)24-12-14-32-73)86-57(98)40-85-70(109)60(59(46-20-8-4-9-21-46)47-22-10-5-11-23-47)94-68(107)54(37-44-18-6-3-7-19-44)88-58(99)39-83-56(97)38-84-64(103)49(75)36-45-28-30-48(96)31-29-45/h3-11,18-23,28-31,42-43,49-55,59-60,95-96H,12-17,24-27,32-41,73-75H2,1-2H3,(H2,76,100)(H,83,97)(H,84,103)(H,85,109)(H,86,98)(H,87,108)(H,88,99)(H,89,104)(H,90,101)(H,91,102)(H,92,105)(H,93,106)(H,94,107)(H4,77,78,81)(H4,79,80,82)/t42-,43-,49-,50-,51-,52-,53-,54-,55-,60-/m0/s1. The lowest BCUT2D eigenvalue weighted by Gasteiger charge is -2.30. The zero-order chi connectivity index (χ0) is 80.4. The minimum absolute atomic E-state index is 0.0280. The highest BCUT2D eigenvalue weighted by molar-refractivity contribution is 5.99. The number of nitrogens with one attached hydrogen (secondary N) is 16. The number of phenolic OH excluding ortho intramolecular Hbond substituents is 1. The van der Waals surface area contributed by atoms with E-state index in [1.54, 1.807) is 103 Å². The van der Waals surface area contributed by atoms with Gasteiger partial charge in [-0.15, -0.1) is 0 Å². The van der Waals surface area contributed by atoms with Gasteiger partial charge in [-0.25, -0.2) is 0 Å². The molecule has 109 heavy (non-hydrogen) atoms. The third-order valence-corrected chi connectivity index (χ3v) is 16.9. The Kier molecular flexibility index (Phi) is 39.8. The number of nitrogens with two attached hydrogens (primary N) is 6. The van der Waals surface area contributed by atoms with Gasteiger partial charge in [0, 0.05) is 25.4 Å². The summed E-state index contributed by atoms with van der Waals surface area (Å²) in [5.74, 6) is -13.0. The summed E-state index contributed by atoms with van der Waals surface area (Å²) >= 11 is 0. The summed E-state index contributed by atoms with van der Waals surface area (Å²) in [6.45, 7) is 0.188. The number of phenols is 1. The van der Waals surface area contributed by atoms with E-state index in [9.17, 15) is 72.5 Å². The Morgan fingerprint density at radius 1 is 0.385 bits per heavy atom. The average Bonchev–Trinajstić information content (AvgIpc) is 0.804. The van der Waals surface area contributed by atoms with Gasteiger partial charge in [-0.3, -0.25) is 73.1 Å². The minimum Gasteiger partial charge on any atom is -0.508 e. The summed E-state index contributed by atoms with van der Waals surface area (Å²) in [7, 11) is 0. The molecule has 13 amide bonds. The van der Waals surface area contributed by atoms with E-state index in [0.717, 1.165) is 0 Å². The van der Waals surface area contributed by atoms with E-state index >= 15 is 0 Å². The molecule has 4 aromatic carbocycles. The molecular formula is C72H106N22O15. The molecule has 0 saturated heterocycles. The second-order valence-corrected chi connectivity index (χ2v) is 25.7. The van der Waals surface area contributed by atoms with Gasteiger partial charge in [-0.2, -0.15) is 0 Å². The first-order chi connectivity index (χ1) is 52.0. The molecule has 0 unspecified atom stereocenters. The van der Waals surface area contributed by atoms with Crippen LogP contribution in [0.5, 0.6) is 5.75 Å². The van der Waals surface area contributed by atoms with Crippen LogP contribution in [0.15, 0.2) is 115 Å². The second kappa shape index (κ2) is 48.4. The molecule has 0 saturated carbocycles. The smallest absolute Gasteiger partial charge is 0.245 e. The van der Waals surface area contributed by atoms with Crippen molar-refractivity contribution in [1.29, 1.82) is 10.8 Å². The van der Waals surface area contributed by atoms with Crippen LogP contribution >= 0.6 is 0 Å². The molecule has 0 aliphatic heterocycles. The van der Waals surface area contributed by atoms with E-state index in [1.807, 2.05) is 0 Å². The molecular weight excluding hydrogens is 1410 g/mol. The molecule has 0 fully saturated rings. The van der Waals surface area contributed by atoms with E-state index in [-0.39, 0.29) is 89.1 Å². The number of carbonyl (C=O) groups is 13. The fourth-order valence-electron chi connectivity index (χ4n) is 11.0. The van der Waals surface area contributed by atoms with Gasteiger partial charge in [0.05, 0.1) is 32.3 Å². The highest BCUT2D eigenvalue weighted by atomic mass is 16.3. The number of unbranched alkanes of at least 4 members (excludes halogenated alkanes) is 2. The lowest BCUT2D eigenvalue weighted by atomic mass is 9.84. The molecule has 0 bridgehead atoms. The van der Waals surface area contributed by atoms with E-state index in [1.165, 1.54) is 26.0 Å². The number of hydrogen-bond donors (Lipinski definition) is 24. The van der Waals surface area contributed by atoms with Crippen molar-refractivity contribution < 1.29 is 72.5 Å². The van der Waals surface area contributed by atoms with Gasteiger partial charge in [-0.1, -0.05) is 103 Å². The summed E-state index contributed by atoms with van der Waals surface area (Å²) in [6, 6.07) is 18.0. The number of aromatic hydroxyl groups is 1. The Balaban J connectivity index is 1.50. The molecule has 30 N–H and O–H groups in total. The Hall–Kier alpha value is -11.8. The molecule has 0 spiro atoms. The predicted octanol–water partition coefficient (Wildman–Crippen LogP) is -5.65. The van der Waals surface area contributed by atoms with E-state index < -0.39 is 175 Å². The van der Waals surface area contributed by atoms with Gasteiger partial charge in [-0.05, 0) is 132 Å². The van der Waals surface area contributed by atoms with Gasteiger partial charge >= 0.3 is 0 Å². The number of aliphatic hydroxyl groups excluding tert-OH is 1. The molecule has 37 nitrogen and oxygen atoms in total. The summed E-state index contributed by atoms with van der Waals surface area (Å²) in [4.78, 5) is 178. The van der Waals surface area contributed by atoms with Gasteiger partial charge in [0.15, 0.2) is 11.9 Å². The molecule has 0 radical (unpaired) electrons. The van der Waals surface area contributed by atoms with Crippen LogP contribution in [0.1, 0.15) is 106 Å². The van der Waals surface area contributed by atoms with Gasteiger partial charge in [0.2, 0.25) is 76.8 Å². The first-order valence-corrected chi connectivity index (χ1v) is 35.7. The van der Waals surface area contributed by atoms with Crippen molar-refractivity contribution in [2.24, 2.45) is 34.4 Å². The van der Waals surface area contributed by atoms with Crippen LogP contribution in [0.4, 0.5) is 0 Å². The lowest BCUT2D eigenvalue weighted by Crippen LogP contribution is -2.60.